The van der Waals surface area contributed by atoms with Crippen molar-refractivity contribution in [2.24, 2.45) is 0 Å². The third-order valence-electron chi connectivity index (χ3n) is 4.06. The highest BCUT2D eigenvalue weighted by Gasteiger charge is 2.11. The van der Waals surface area contributed by atoms with Crippen LogP contribution in [0.3, 0.4) is 0 Å². The molecule has 0 bridgehead atoms. The van der Waals surface area contributed by atoms with Gasteiger partial charge >= 0.3 is 5.97 Å². The van der Waals surface area contributed by atoms with Crippen LogP contribution in [0.15, 0.2) is 46.6 Å². The average molecular weight is 334 g/mol. The maximum atomic E-state index is 11.0. The first-order chi connectivity index (χ1) is 11.5. The summed E-state index contributed by atoms with van der Waals surface area (Å²) >= 11 is 0. The number of hydrogen-bond donors (Lipinski definition) is 2. The van der Waals surface area contributed by atoms with E-state index in [1.54, 1.807) is 6.08 Å². The van der Waals surface area contributed by atoms with Gasteiger partial charge in [-0.3, -0.25) is 0 Å². The Morgan fingerprint density at radius 3 is 2.38 bits per heavy atom. The predicted molar refractivity (Wildman–Crippen MR) is 96.5 cm³/mol. The Hall–Kier alpha value is -1.65. The van der Waals surface area contributed by atoms with Gasteiger partial charge in [-0.2, -0.15) is 0 Å². The van der Waals surface area contributed by atoms with Gasteiger partial charge in [-0.25, -0.2) is 4.79 Å². The van der Waals surface area contributed by atoms with E-state index >= 15 is 0 Å². The molecule has 0 atom stereocenters. The molecule has 4 heteroatoms. The van der Waals surface area contributed by atoms with E-state index in [-0.39, 0.29) is 19.2 Å². The topological polar surface area (TPSA) is 66.8 Å². The number of carbonyl (C=O) groups excluding carboxylic acids is 1. The molecule has 0 amide bonds. The van der Waals surface area contributed by atoms with Crippen molar-refractivity contribution in [2.45, 2.75) is 52.4 Å². The van der Waals surface area contributed by atoms with Crippen LogP contribution in [0.5, 0.6) is 0 Å². The third-order valence-corrected chi connectivity index (χ3v) is 4.06. The maximum Gasteiger partial charge on any atom is 0.331 e. The first-order valence-corrected chi connectivity index (χ1v) is 8.62. The van der Waals surface area contributed by atoms with Gasteiger partial charge in [0, 0.05) is 6.08 Å². The Morgan fingerprint density at radius 2 is 1.75 bits per heavy atom. The summed E-state index contributed by atoms with van der Waals surface area (Å²) < 4.78 is 4.88. The minimum absolute atomic E-state index is 0.0942. The number of cyclic esters (lactones) is 1. The van der Waals surface area contributed by atoms with E-state index in [2.05, 4.69) is 19.1 Å². The molecule has 1 rings (SSSR count). The Morgan fingerprint density at radius 1 is 1.04 bits per heavy atom. The van der Waals surface area contributed by atoms with Crippen molar-refractivity contribution < 1.29 is 19.7 Å². The van der Waals surface area contributed by atoms with Gasteiger partial charge in [-0.15, -0.1) is 0 Å². The van der Waals surface area contributed by atoms with Crippen LogP contribution in [0.2, 0.25) is 0 Å². The Balaban J connectivity index is 2.28. The van der Waals surface area contributed by atoms with Gasteiger partial charge in [0.2, 0.25) is 0 Å². The van der Waals surface area contributed by atoms with Crippen molar-refractivity contribution in [2.75, 3.05) is 19.8 Å². The summed E-state index contributed by atoms with van der Waals surface area (Å²) in [4.78, 5) is 11.0. The summed E-state index contributed by atoms with van der Waals surface area (Å²) in [5.74, 6) is -0.226. The van der Waals surface area contributed by atoms with Crippen LogP contribution in [0.1, 0.15) is 52.4 Å². The van der Waals surface area contributed by atoms with Gasteiger partial charge in [0.15, 0.2) is 0 Å². The quantitative estimate of drug-likeness (QED) is 0.447. The van der Waals surface area contributed by atoms with Crippen LogP contribution in [-0.2, 0) is 9.53 Å². The largest absolute Gasteiger partial charge is 0.458 e. The van der Waals surface area contributed by atoms with Gasteiger partial charge < -0.3 is 14.9 Å². The molecule has 0 unspecified atom stereocenters. The zero-order valence-corrected chi connectivity index (χ0v) is 14.9. The first-order valence-electron chi connectivity index (χ1n) is 8.62. The lowest BCUT2D eigenvalue weighted by Crippen LogP contribution is -1.92. The molecule has 0 aromatic carbocycles. The molecule has 0 aromatic rings. The number of allylic oxidation sites excluding steroid dienone is 4. The molecule has 4 nitrogen and oxygen atoms in total. The number of carbonyl (C=O) groups is 1. The maximum absolute atomic E-state index is 11.0. The van der Waals surface area contributed by atoms with Crippen molar-refractivity contribution in [1.29, 1.82) is 0 Å². The van der Waals surface area contributed by atoms with Gasteiger partial charge in [0.05, 0.1) is 13.2 Å². The molecule has 0 saturated carbocycles. The standard InChI is InChI=1S/C20H30O4/c1-16(7-4-11-19-12-20(23)24-15-19)6-3-9-18(14-22)10-5-8-17(2)13-21/h7-9,12,21-22H,3-6,10-11,13-15H2,1-2H3. The number of aliphatic hydroxyl groups excluding tert-OH is 2. The molecular formula is C20H30O4. The summed E-state index contributed by atoms with van der Waals surface area (Å²) in [5.41, 5.74) is 4.41. The molecule has 1 heterocycles. The second-order valence-electron chi connectivity index (χ2n) is 6.31. The van der Waals surface area contributed by atoms with E-state index in [1.165, 1.54) is 5.57 Å². The van der Waals surface area contributed by atoms with E-state index in [0.717, 1.165) is 55.2 Å². The highest BCUT2D eigenvalue weighted by molar-refractivity contribution is 5.85. The summed E-state index contributed by atoms with van der Waals surface area (Å²) in [6, 6.07) is 0. The molecule has 1 aliphatic rings. The van der Waals surface area contributed by atoms with Crippen molar-refractivity contribution in [3.8, 4) is 0 Å². The Kier molecular flexibility index (Phi) is 10.0. The molecule has 1 aliphatic heterocycles. The molecular weight excluding hydrogens is 304 g/mol. The molecule has 2 N–H and O–H groups in total. The molecule has 134 valence electrons. The van der Waals surface area contributed by atoms with E-state index in [0.29, 0.717) is 6.61 Å². The zero-order chi connectivity index (χ0) is 17.8. The van der Waals surface area contributed by atoms with Crippen LogP contribution in [0.4, 0.5) is 0 Å². The minimum atomic E-state index is -0.226. The highest BCUT2D eigenvalue weighted by atomic mass is 16.5. The molecule has 0 saturated heterocycles. The number of hydrogen-bond acceptors (Lipinski definition) is 4. The molecule has 0 fully saturated rings. The fourth-order valence-corrected chi connectivity index (χ4v) is 2.48. The fraction of sp³-hybridized carbons (Fsp3) is 0.550. The van der Waals surface area contributed by atoms with E-state index in [9.17, 15) is 9.90 Å². The lowest BCUT2D eigenvalue weighted by Gasteiger charge is -2.04. The van der Waals surface area contributed by atoms with Gasteiger partial charge in [-0.05, 0) is 63.5 Å². The van der Waals surface area contributed by atoms with Crippen molar-refractivity contribution in [3.05, 3.63) is 46.6 Å². The van der Waals surface area contributed by atoms with Crippen molar-refractivity contribution in [3.63, 3.8) is 0 Å². The smallest absolute Gasteiger partial charge is 0.331 e. The molecule has 0 aliphatic carbocycles. The summed E-state index contributed by atoms with van der Waals surface area (Å²) in [5, 5.41) is 18.3. The van der Waals surface area contributed by atoms with E-state index < -0.39 is 0 Å². The van der Waals surface area contributed by atoms with Crippen molar-refractivity contribution in [1.82, 2.24) is 0 Å². The second kappa shape index (κ2) is 11.8. The second-order valence-corrected chi connectivity index (χ2v) is 6.31. The number of esters is 1. The molecule has 0 radical (unpaired) electrons. The van der Waals surface area contributed by atoms with Gasteiger partial charge in [0.1, 0.15) is 6.61 Å². The van der Waals surface area contributed by atoms with Crippen LogP contribution in [-0.4, -0.2) is 36.0 Å². The molecule has 0 aromatic heterocycles. The lowest BCUT2D eigenvalue weighted by molar-refractivity contribution is -0.134. The zero-order valence-electron chi connectivity index (χ0n) is 14.9. The lowest BCUT2D eigenvalue weighted by atomic mass is 10.0. The van der Waals surface area contributed by atoms with E-state index in [1.807, 2.05) is 13.0 Å². The average Bonchev–Trinajstić information content (AvgIpc) is 2.98. The monoisotopic (exact) mass is 334 g/mol. The van der Waals surface area contributed by atoms with Crippen LogP contribution in [0.25, 0.3) is 0 Å². The normalized spacial score (nSPS) is 16.4. The Bertz CT molecular complexity index is 524. The van der Waals surface area contributed by atoms with Gasteiger partial charge in [0.25, 0.3) is 0 Å². The minimum Gasteiger partial charge on any atom is -0.458 e. The number of ether oxygens (including phenoxy) is 1. The van der Waals surface area contributed by atoms with Crippen molar-refractivity contribution >= 4 is 5.97 Å². The van der Waals surface area contributed by atoms with Crippen LogP contribution in [0, 0.1) is 0 Å². The van der Waals surface area contributed by atoms with Crippen LogP contribution < -0.4 is 0 Å². The molecule has 0 spiro atoms. The Labute approximate surface area is 145 Å². The summed E-state index contributed by atoms with van der Waals surface area (Å²) in [6.45, 7) is 4.65. The van der Waals surface area contributed by atoms with E-state index in [4.69, 9.17) is 9.84 Å². The number of rotatable bonds is 11. The summed E-state index contributed by atoms with van der Waals surface area (Å²) in [7, 11) is 0. The highest BCUT2D eigenvalue weighted by Crippen LogP contribution is 2.16. The predicted octanol–water partition coefficient (Wildman–Crippen LogP) is 3.61. The third kappa shape index (κ3) is 8.85. The SMILES string of the molecule is CC(=CCCC(=CCCC(C)=CCCC1=CC(=O)OC1)CO)CO. The molecule has 24 heavy (non-hydrogen) atoms. The fourth-order valence-electron chi connectivity index (χ4n) is 2.48. The van der Waals surface area contributed by atoms with Gasteiger partial charge in [-0.1, -0.05) is 29.4 Å². The number of aliphatic hydroxyl groups is 2. The first kappa shape index (κ1) is 20.4. The van der Waals surface area contributed by atoms with Crippen LogP contribution >= 0.6 is 0 Å². The summed E-state index contributed by atoms with van der Waals surface area (Å²) in [6.07, 6.45) is 13.3.